The Balaban J connectivity index is 1.51. The number of carbonyl (C=O) groups is 3. The lowest BCUT2D eigenvalue weighted by atomic mass is 10.1. The van der Waals surface area contributed by atoms with E-state index in [0.29, 0.717) is 25.9 Å². The number of benzene rings is 1. The molecular weight excluding hydrogens is 462 g/mol. The second-order valence-corrected chi connectivity index (χ2v) is 10.3. The number of rotatable bonds is 7. The topological polar surface area (TPSA) is 131 Å². The van der Waals surface area contributed by atoms with Crippen molar-refractivity contribution >= 4 is 27.8 Å². The molecular formula is C23H29N3O7S. The molecule has 2 unspecified atom stereocenters. The van der Waals surface area contributed by atoms with Crippen LogP contribution in [0, 0.1) is 0 Å². The highest BCUT2D eigenvalue weighted by Gasteiger charge is 2.45. The Morgan fingerprint density at radius 1 is 1.15 bits per heavy atom. The molecule has 2 N–H and O–H groups in total. The van der Waals surface area contributed by atoms with Gasteiger partial charge >= 0.3 is 5.97 Å². The first-order chi connectivity index (χ1) is 16.3. The first-order valence-electron chi connectivity index (χ1n) is 11.5. The number of hydrogen-bond donors (Lipinski definition) is 2. The molecule has 0 aromatic heterocycles. The van der Waals surface area contributed by atoms with E-state index in [0.717, 1.165) is 0 Å². The molecule has 34 heavy (non-hydrogen) atoms. The van der Waals surface area contributed by atoms with E-state index in [9.17, 15) is 22.8 Å². The van der Waals surface area contributed by atoms with E-state index in [4.69, 9.17) is 9.47 Å². The minimum Gasteiger partial charge on any atom is -0.433 e. The zero-order chi connectivity index (χ0) is 24.3. The number of amides is 2. The van der Waals surface area contributed by atoms with Gasteiger partial charge < -0.3 is 19.7 Å². The number of nitrogens with one attached hydrogen (secondary N) is 2. The zero-order valence-electron chi connectivity index (χ0n) is 18.9. The van der Waals surface area contributed by atoms with Crippen LogP contribution in [0.3, 0.4) is 0 Å². The van der Waals surface area contributed by atoms with Gasteiger partial charge in [0.1, 0.15) is 18.1 Å². The van der Waals surface area contributed by atoms with E-state index in [2.05, 4.69) is 10.0 Å². The molecule has 5 atom stereocenters. The SMILES string of the molecule is CCOC1OC(=O)CC1NC(=O)[C@@H]1CC[C@H]2CC=CC[C@H](NS(=O)(=O)c3ccccc3)C(=O)N21. The average molecular weight is 492 g/mol. The Labute approximate surface area is 198 Å². The lowest BCUT2D eigenvalue weighted by Gasteiger charge is -2.34. The Bertz CT molecular complexity index is 1060. The lowest BCUT2D eigenvalue weighted by molar-refractivity contribution is -0.164. The summed E-state index contributed by atoms with van der Waals surface area (Å²) >= 11 is 0. The quantitative estimate of drug-likeness (QED) is 0.427. The molecule has 2 amide bonds. The van der Waals surface area contributed by atoms with Crippen LogP contribution in [0.4, 0.5) is 0 Å². The van der Waals surface area contributed by atoms with Gasteiger partial charge in [0.15, 0.2) is 0 Å². The molecule has 0 bridgehead atoms. The fourth-order valence-corrected chi connectivity index (χ4v) is 5.90. The summed E-state index contributed by atoms with van der Waals surface area (Å²) in [5, 5.41) is 2.80. The summed E-state index contributed by atoms with van der Waals surface area (Å²) < 4.78 is 38.8. The number of nitrogens with zero attached hydrogens (tertiary/aromatic N) is 1. The van der Waals surface area contributed by atoms with Crippen LogP contribution in [0.1, 0.15) is 39.0 Å². The minimum atomic E-state index is -3.93. The third kappa shape index (κ3) is 5.16. The van der Waals surface area contributed by atoms with Crippen LogP contribution in [0.25, 0.3) is 0 Å². The van der Waals surface area contributed by atoms with Crippen LogP contribution in [-0.2, 0) is 33.9 Å². The van der Waals surface area contributed by atoms with Crippen molar-refractivity contribution in [2.45, 2.75) is 74.4 Å². The summed E-state index contributed by atoms with van der Waals surface area (Å²) in [7, 11) is -3.93. The molecule has 0 saturated carbocycles. The Morgan fingerprint density at radius 2 is 1.88 bits per heavy atom. The van der Waals surface area contributed by atoms with Crippen molar-refractivity contribution in [3.05, 3.63) is 42.5 Å². The van der Waals surface area contributed by atoms with Gasteiger partial charge in [-0.05, 0) is 44.7 Å². The molecule has 4 rings (SSSR count). The van der Waals surface area contributed by atoms with Gasteiger partial charge in [-0.3, -0.25) is 14.4 Å². The van der Waals surface area contributed by atoms with Gasteiger partial charge in [0.25, 0.3) is 0 Å². The van der Waals surface area contributed by atoms with Gasteiger partial charge in [-0.2, -0.15) is 4.72 Å². The number of fused-ring (bicyclic) bond motifs is 1. The predicted molar refractivity (Wildman–Crippen MR) is 121 cm³/mol. The molecule has 11 heteroatoms. The molecule has 1 aromatic carbocycles. The van der Waals surface area contributed by atoms with Crippen LogP contribution in [0.2, 0.25) is 0 Å². The molecule has 0 radical (unpaired) electrons. The third-order valence-electron chi connectivity index (χ3n) is 6.28. The van der Waals surface area contributed by atoms with Crippen LogP contribution in [0.5, 0.6) is 0 Å². The number of cyclic esters (lactones) is 1. The summed E-state index contributed by atoms with van der Waals surface area (Å²) in [6.45, 7) is 2.08. The molecule has 3 aliphatic rings. The smallest absolute Gasteiger partial charge is 0.310 e. The molecule has 0 aliphatic carbocycles. The van der Waals surface area contributed by atoms with Crippen LogP contribution in [0.15, 0.2) is 47.4 Å². The molecule has 1 aromatic rings. The van der Waals surface area contributed by atoms with Crippen LogP contribution >= 0.6 is 0 Å². The maximum Gasteiger partial charge on any atom is 0.310 e. The zero-order valence-corrected chi connectivity index (χ0v) is 19.7. The summed E-state index contributed by atoms with van der Waals surface area (Å²) in [6.07, 6.45) is 4.66. The molecule has 2 saturated heterocycles. The van der Waals surface area contributed by atoms with Gasteiger partial charge in [0.2, 0.25) is 28.1 Å². The van der Waals surface area contributed by atoms with Gasteiger partial charge in [-0.1, -0.05) is 30.4 Å². The summed E-state index contributed by atoms with van der Waals surface area (Å²) in [5.41, 5.74) is 0. The fraction of sp³-hybridized carbons (Fsp3) is 0.522. The summed E-state index contributed by atoms with van der Waals surface area (Å²) in [5.74, 6) is -1.31. The highest BCUT2D eigenvalue weighted by molar-refractivity contribution is 7.89. The van der Waals surface area contributed by atoms with Gasteiger partial charge in [0.05, 0.1) is 11.3 Å². The molecule has 3 heterocycles. The van der Waals surface area contributed by atoms with Crippen molar-refractivity contribution in [3.63, 3.8) is 0 Å². The van der Waals surface area contributed by atoms with Crippen molar-refractivity contribution in [3.8, 4) is 0 Å². The fourth-order valence-electron chi connectivity index (χ4n) is 4.67. The van der Waals surface area contributed by atoms with Crippen molar-refractivity contribution in [1.29, 1.82) is 0 Å². The number of sulfonamides is 1. The summed E-state index contributed by atoms with van der Waals surface area (Å²) in [4.78, 5) is 40.0. The molecule has 0 spiro atoms. The van der Waals surface area contributed by atoms with E-state index in [1.165, 1.54) is 17.0 Å². The number of carbonyl (C=O) groups excluding carboxylic acids is 3. The molecule has 10 nitrogen and oxygen atoms in total. The number of hydrogen-bond acceptors (Lipinski definition) is 7. The van der Waals surface area contributed by atoms with Gasteiger partial charge in [0, 0.05) is 12.6 Å². The van der Waals surface area contributed by atoms with E-state index in [1.54, 1.807) is 31.2 Å². The number of ether oxygens (including phenoxy) is 2. The van der Waals surface area contributed by atoms with E-state index in [1.807, 2.05) is 6.08 Å². The Hall–Kier alpha value is -2.76. The highest BCUT2D eigenvalue weighted by atomic mass is 32.2. The monoisotopic (exact) mass is 491 g/mol. The molecule has 3 aliphatic heterocycles. The average Bonchev–Trinajstić information content (AvgIpc) is 3.38. The normalized spacial score (nSPS) is 29.3. The third-order valence-corrected chi connectivity index (χ3v) is 7.76. The van der Waals surface area contributed by atoms with Crippen LogP contribution < -0.4 is 10.0 Å². The van der Waals surface area contributed by atoms with E-state index in [-0.39, 0.29) is 23.8 Å². The Morgan fingerprint density at radius 3 is 2.62 bits per heavy atom. The van der Waals surface area contributed by atoms with Crippen molar-refractivity contribution in [2.75, 3.05) is 6.61 Å². The summed E-state index contributed by atoms with van der Waals surface area (Å²) in [6, 6.07) is 5.18. The van der Waals surface area contributed by atoms with Crippen molar-refractivity contribution < 1.29 is 32.3 Å². The van der Waals surface area contributed by atoms with Gasteiger partial charge in [-0.15, -0.1) is 0 Å². The van der Waals surface area contributed by atoms with Crippen molar-refractivity contribution in [2.24, 2.45) is 0 Å². The lowest BCUT2D eigenvalue weighted by Crippen LogP contribution is -2.57. The molecule has 2 fully saturated rings. The standard InChI is InChI=1S/C23H29N3O7S/c1-2-32-23-18(14-20(27)33-23)24-21(28)19-13-12-15-8-6-7-11-17(22(29)26(15)19)25-34(30,31)16-9-4-3-5-10-16/h3-7,9-10,15,17-19,23,25H,2,8,11-14H2,1H3,(H,24,28)/t15-,17+,18?,19+,23?/m1/s1. The maximum absolute atomic E-state index is 13.5. The van der Waals surface area contributed by atoms with Crippen molar-refractivity contribution in [1.82, 2.24) is 14.9 Å². The minimum absolute atomic E-state index is 0.0112. The first kappa shape index (κ1) is 24.4. The first-order valence-corrected chi connectivity index (χ1v) is 12.9. The van der Waals surface area contributed by atoms with Crippen LogP contribution in [-0.4, -0.2) is 68.2 Å². The largest absolute Gasteiger partial charge is 0.433 e. The van der Waals surface area contributed by atoms with E-state index >= 15 is 0 Å². The maximum atomic E-state index is 13.5. The molecule has 184 valence electrons. The Kier molecular flexibility index (Phi) is 7.34. The predicted octanol–water partition coefficient (Wildman–Crippen LogP) is 0.837. The van der Waals surface area contributed by atoms with E-state index < -0.39 is 52.2 Å². The van der Waals surface area contributed by atoms with Gasteiger partial charge in [-0.25, -0.2) is 8.42 Å². The highest BCUT2D eigenvalue weighted by Crippen LogP contribution is 2.30. The second-order valence-electron chi connectivity index (χ2n) is 8.56. The second kappa shape index (κ2) is 10.2. The number of esters is 1.